The molecule has 2 fully saturated rings. The Morgan fingerprint density at radius 1 is 1.37 bits per heavy atom. The number of ether oxygens (including phenoxy) is 1. The van der Waals surface area contributed by atoms with Crippen molar-refractivity contribution in [2.45, 2.75) is 31.8 Å². The van der Waals surface area contributed by atoms with Gasteiger partial charge >= 0.3 is 5.97 Å². The van der Waals surface area contributed by atoms with Gasteiger partial charge in [-0.15, -0.1) is 0 Å². The Bertz CT molecular complexity index is 419. The normalized spacial score (nSPS) is 29.5. The molecule has 2 aliphatic rings. The minimum atomic E-state index is -3.60. The molecule has 2 unspecified atom stereocenters. The molecule has 0 amide bonds. The van der Waals surface area contributed by atoms with Gasteiger partial charge in [0, 0.05) is 26.2 Å². The van der Waals surface area contributed by atoms with Crippen molar-refractivity contribution in [2.24, 2.45) is 5.92 Å². The number of carboxylic acids is 1. The second-order valence-electron chi connectivity index (χ2n) is 5.02. The summed E-state index contributed by atoms with van der Waals surface area (Å²) in [5, 5.41) is 8.96. The van der Waals surface area contributed by atoms with Gasteiger partial charge in [0.1, 0.15) is 0 Å². The molecule has 2 N–H and O–H groups in total. The van der Waals surface area contributed by atoms with E-state index in [1.807, 2.05) is 0 Å². The summed E-state index contributed by atoms with van der Waals surface area (Å²) in [7, 11) is -3.60. The molecular formula is C11H20N2O5S. The molecule has 0 aromatic rings. The highest BCUT2D eigenvalue weighted by atomic mass is 32.2. The van der Waals surface area contributed by atoms with Crippen molar-refractivity contribution in [1.82, 2.24) is 9.03 Å². The molecule has 0 spiro atoms. The number of carboxylic acid groups (broad SMARTS) is 1. The van der Waals surface area contributed by atoms with E-state index < -0.39 is 22.1 Å². The third kappa shape index (κ3) is 3.88. The zero-order valence-electron chi connectivity index (χ0n) is 10.7. The fraction of sp³-hybridized carbons (Fsp3) is 0.909. The smallest absolute Gasteiger partial charge is 0.307 e. The largest absolute Gasteiger partial charge is 0.481 e. The van der Waals surface area contributed by atoms with Crippen LogP contribution in [0.5, 0.6) is 0 Å². The molecule has 2 heterocycles. The van der Waals surface area contributed by atoms with E-state index in [0.717, 1.165) is 12.8 Å². The van der Waals surface area contributed by atoms with E-state index in [4.69, 9.17) is 9.84 Å². The number of nitrogens with one attached hydrogen (secondary N) is 1. The lowest BCUT2D eigenvalue weighted by Crippen LogP contribution is -2.48. The molecule has 110 valence electrons. The molecule has 2 saturated heterocycles. The number of piperidine rings is 1. The van der Waals surface area contributed by atoms with Crippen molar-refractivity contribution in [3.63, 3.8) is 0 Å². The molecule has 19 heavy (non-hydrogen) atoms. The number of aliphatic carboxylic acids is 1. The van der Waals surface area contributed by atoms with E-state index in [1.165, 1.54) is 4.31 Å². The summed E-state index contributed by atoms with van der Waals surface area (Å²) in [6, 6.07) is 0. The lowest BCUT2D eigenvalue weighted by molar-refractivity contribution is -0.142. The fourth-order valence-electron chi connectivity index (χ4n) is 2.46. The minimum Gasteiger partial charge on any atom is -0.481 e. The lowest BCUT2D eigenvalue weighted by atomic mass is 10.0. The van der Waals surface area contributed by atoms with Gasteiger partial charge in [0.05, 0.1) is 12.0 Å². The average Bonchev–Trinajstić information content (AvgIpc) is 2.90. The predicted molar refractivity (Wildman–Crippen MR) is 67.8 cm³/mol. The predicted octanol–water partition coefficient (Wildman–Crippen LogP) is -0.204. The van der Waals surface area contributed by atoms with Crippen LogP contribution >= 0.6 is 0 Å². The van der Waals surface area contributed by atoms with Crippen LogP contribution in [0, 0.1) is 5.92 Å². The molecule has 0 aromatic carbocycles. The van der Waals surface area contributed by atoms with E-state index in [1.54, 1.807) is 0 Å². The van der Waals surface area contributed by atoms with E-state index >= 15 is 0 Å². The summed E-state index contributed by atoms with van der Waals surface area (Å²) in [6.45, 7) is 1.37. The van der Waals surface area contributed by atoms with Gasteiger partial charge in [-0.25, -0.2) is 0 Å². The summed E-state index contributed by atoms with van der Waals surface area (Å²) in [5.74, 6) is -1.54. The van der Waals surface area contributed by atoms with Crippen LogP contribution in [0.1, 0.15) is 25.7 Å². The topological polar surface area (TPSA) is 95.9 Å². The van der Waals surface area contributed by atoms with Crippen molar-refractivity contribution in [2.75, 3.05) is 26.2 Å². The molecular weight excluding hydrogens is 272 g/mol. The molecule has 0 aromatic heterocycles. The molecule has 0 radical (unpaired) electrons. The lowest BCUT2D eigenvalue weighted by Gasteiger charge is -2.30. The zero-order valence-corrected chi connectivity index (χ0v) is 11.6. The first-order valence-electron chi connectivity index (χ1n) is 6.58. The van der Waals surface area contributed by atoms with Crippen LogP contribution in [-0.2, 0) is 19.7 Å². The molecule has 7 nitrogen and oxygen atoms in total. The minimum absolute atomic E-state index is 0.0518. The number of hydrogen-bond acceptors (Lipinski definition) is 4. The summed E-state index contributed by atoms with van der Waals surface area (Å²) >= 11 is 0. The molecule has 2 aliphatic heterocycles. The summed E-state index contributed by atoms with van der Waals surface area (Å²) in [5.41, 5.74) is 0. The van der Waals surface area contributed by atoms with Crippen LogP contribution in [-0.4, -0.2) is 56.1 Å². The molecule has 0 saturated carbocycles. The van der Waals surface area contributed by atoms with Crippen molar-refractivity contribution in [3.05, 3.63) is 0 Å². The van der Waals surface area contributed by atoms with E-state index in [9.17, 15) is 13.2 Å². The standard InChI is InChI=1S/C11H20N2O5S/c14-11(15)9-3-1-5-13(8-9)19(16,17)12-7-10-4-2-6-18-10/h9-10,12H,1-8H2,(H,14,15). The third-order valence-electron chi connectivity index (χ3n) is 3.59. The van der Waals surface area contributed by atoms with Gasteiger partial charge in [0.2, 0.25) is 0 Å². The Balaban J connectivity index is 1.88. The first-order valence-corrected chi connectivity index (χ1v) is 8.02. The monoisotopic (exact) mass is 292 g/mol. The number of rotatable bonds is 5. The molecule has 2 rings (SSSR count). The first-order chi connectivity index (χ1) is 8.99. The van der Waals surface area contributed by atoms with Gasteiger partial charge < -0.3 is 9.84 Å². The Morgan fingerprint density at radius 3 is 2.79 bits per heavy atom. The van der Waals surface area contributed by atoms with Crippen molar-refractivity contribution in [1.29, 1.82) is 0 Å². The third-order valence-corrected chi connectivity index (χ3v) is 5.13. The van der Waals surface area contributed by atoms with Gasteiger partial charge in [0.25, 0.3) is 10.2 Å². The Hall–Kier alpha value is -0.700. The highest BCUT2D eigenvalue weighted by molar-refractivity contribution is 7.87. The maximum atomic E-state index is 12.1. The molecule has 0 bridgehead atoms. The second-order valence-corrected chi connectivity index (χ2v) is 6.78. The van der Waals surface area contributed by atoms with Crippen LogP contribution in [0.15, 0.2) is 0 Å². The van der Waals surface area contributed by atoms with Gasteiger partial charge in [-0.3, -0.25) is 4.79 Å². The van der Waals surface area contributed by atoms with Gasteiger partial charge in [-0.05, 0) is 25.7 Å². The van der Waals surface area contributed by atoms with E-state index in [-0.39, 0.29) is 19.2 Å². The second kappa shape index (κ2) is 6.17. The Labute approximate surface area is 113 Å². The van der Waals surface area contributed by atoms with Crippen LogP contribution in [0.3, 0.4) is 0 Å². The van der Waals surface area contributed by atoms with Crippen molar-refractivity contribution < 1.29 is 23.1 Å². The van der Waals surface area contributed by atoms with Crippen molar-refractivity contribution in [3.8, 4) is 0 Å². The quantitative estimate of drug-likeness (QED) is 0.731. The highest BCUT2D eigenvalue weighted by Crippen LogP contribution is 2.19. The van der Waals surface area contributed by atoms with Gasteiger partial charge in [-0.1, -0.05) is 0 Å². The zero-order chi connectivity index (χ0) is 13.9. The van der Waals surface area contributed by atoms with Crippen LogP contribution in [0.2, 0.25) is 0 Å². The highest BCUT2D eigenvalue weighted by Gasteiger charge is 2.32. The van der Waals surface area contributed by atoms with Crippen LogP contribution in [0.4, 0.5) is 0 Å². The average molecular weight is 292 g/mol. The molecule has 2 atom stereocenters. The van der Waals surface area contributed by atoms with Gasteiger partial charge in [0.15, 0.2) is 0 Å². The Kier molecular flexibility index (Phi) is 4.77. The number of carbonyl (C=O) groups is 1. The number of hydrogen-bond donors (Lipinski definition) is 2. The van der Waals surface area contributed by atoms with Crippen molar-refractivity contribution >= 4 is 16.2 Å². The maximum Gasteiger partial charge on any atom is 0.307 e. The SMILES string of the molecule is O=C(O)C1CCCN(S(=O)(=O)NCC2CCCO2)C1. The van der Waals surface area contributed by atoms with Gasteiger partial charge in [-0.2, -0.15) is 17.4 Å². The summed E-state index contributed by atoms with van der Waals surface area (Å²) in [6.07, 6.45) is 2.87. The van der Waals surface area contributed by atoms with Crippen LogP contribution in [0.25, 0.3) is 0 Å². The fourth-order valence-corrected chi connectivity index (χ4v) is 3.78. The maximum absolute atomic E-state index is 12.1. The summed E-state index contributed by atoms with van der Waals surface area (Å²) in [4.78, 5) is 10.9. The van der Waals surface area contributed by atoms with E-state index in [0.29, 0.717) is 26.0 Å². The van der Waals surface area contributed by atoms with E-state index in [2.05, 4.69) is 4.72 Å². The Morgan fingerprint density at radius 2 is 2.16 bits per heavy atom. The number of nitrogens with zero attached hydrogens (tertiary/aromatic N) is 1. The summed E-state index contributed by atoms with van der Waals surface area (Å²) < 4.78 is 33.2. The molecule has 8 heteroatoms. The van der Waals surface area contributed by atoms with Crippen LogP contribution < -0.4 is 4.72 Å². The molecule has 0 aliphatic carbocycles. The first kappa shape index (κ1) is 14.7.